The van der Waals surface area contributed by atoms with E-state index in [1.54, 1.807) is 41.4 Å². The van der Waals surface area contributed by atoms with Crippen LogP contribution in [0.2, 0.25) is 0 Å². The molecule has 0 unspecified atom stereocenters. The molecule has 0 aliphatic heterocycles. The highest BCUT2D eigenvalue weighted by atomic mass is 32.2. The van der Waals surface area contributed by atoms with Crippen molar-refractivity contribution in [2.75, 3.05) is 5.75 Å². The van der Waals surface area contributed by atoms with Crippen molar-refractivity contribution in [1.82, 2.24) is 4.98 Å². The number of carbonyl (C=O) groups excluding carboxylic acids is 1. The van der Waals surface area contributed by atoms with Gasteiger partial charge in [0, 0.05) is 16.8 Å². The number of aromatic nitrogens is 1. The summed E-state index contributed by atoms with van der Waals surface area (Å²) in [5, 5.41) is 0. The Hall–Kier alpha value is -0.650. The first kappa shape index (κ1) is 14.8. The molecule has 0 aliphatic carbocycles. The Bertz CT molecular complexity index is 578. The van der Waals surface area contributed by atoms with Crippen LogP contribution in [0.15, 0.2) is 22.7 Å². The SMILES string of the molecule is CC(=O)c1ccc(-c2cnc(SCC(C)(C)C)s2)s1. The predicted octanol–water partition coefficient (Wildman–Crippen LogP) is 5.21. The van der Waals surface area contributed by atoms with Crippen LogP contribution in [-0.4, -0.2) is 16.5 Å². The molecular formula is C14H17NOS3. The summed E-state index contributed by atoms with van der Waals surface area (Å²) in [6.07, 6.45) is 1.91. The highest BCUT2D eigenvalue weighted by Gasteiger charge is 2.14. The third-order valence-electron chi connectivity index (χ3n) is 2.31. The smallest absolute Gasteiger partial charge is 0.169 e. The number of Topliss-reactive ketones (excluding diaryl/α,β-unsaturated/α-hetero) is 1. The first-order valence-electron chi connectivity index (χ1n) is 6.05. The van der Waals surface area contributed by atoms with Crippen LogP contribution in [0.25, 0.3) is 9.75 Å². The van der Waals surface area contributed by atoms with Gasteiger partial charge in [-0.3, -0.25) is 4.79 Å². The maximum Gasteiger partial charge on any atom is 0.169 e. The van der Waals surface area contributed by atoms with Crippen LogP contribution >= 0.6 is 34.4 Å². The summed E-state index contributed by atoms with van der Waals surface area (Å²) < 4.78 is 1.10. The zero-order chi connectivity index (χ0) is 14.0. The van der Waals surface area contributed by atoms with Gasteiger partial charge < -0.3 is 0 Å². The number of thioether (sulfide) groups is 1. The number of thiophene rings is 1. The summed E-state index contributed by atoms with van der Waals surface area (Å²) in [4.78, 5) is 18.8. The second-order valence-electron chi connectivity index (χ2n) is 5.56. The summed E-state index contributed by atoms with van der Waals surface area (Å²) in [6.45, 7) is 8.29. The maximum absolute atomic E-state index is 11.3. The number of thiazole rings is 1. The van der Waals surface area contributed by atoms with E-state index in [4.69, 9.17) is 0 Å². The summed E-state index contributed by atoms with van der Waals surface area (Å²) >= 11 is 5.05. The molecule has 0 aromatic carbocycles. The molecule has 2 heterocycles. The van der Waals surface area contributed by atoms with E-state index in [2.05, 4.69) is 25.8 Å². The summed E-state index contributed by atoms with van der Waals surface area (Å²) in [7, 11) is 0. The van der Waals surface area contributed by atoms with Gasteiger partial charge in [-0.05, 0) is 24.5 Å². The molecule has 5 heteroatoms. The number of carbonyl (C=O) groups is 1. The Labute approximate surface area is 126 Å². The molecule has 0 amide bonds. The molecule has 0 N–H and O–H groups in total. The quantitative estimate of drug-likeness (QED) is 0.573. The lowest BCUT2D eigenvalue weighted by molar-refractivity contribution is 0.102. The average Bonchev–Trinajstić information content (AvgIpc) is 2.94. The number of hydrogen-bond acceptors (Lipinski definition) is 5. The van der Waals surface area contributed by atoms with E-state index < -0.39 is 0 Å². The monoisotopic (exact) mass is 311 g/mol. The van der Waals surface area contributed by atoms with Crippen molar-refractivity contribution in [2.24, 2.45) is 5.41 Å². The summed E-state index contributed by atoms with van der Waals surface area (Å²) in [5.74, 6) is 1.19. The third kappa shape index (κ3) is 4.16. The van der Waals surface area contributed by atoms with E-state index in [1.165, 1.54) is 0 Å². The van der Waals surface area contributed by atoms with E-state index >= 15 is 0 Å². The third-order valence-corrected chi connectivity index (χ3v) is 6.45. The van der Waals surface area contributed by atoms with Crippen molar-refractivity contribution < 1.29 is 4.79 Å². The topological polar surface area (TPSA) is 30.0 Å². The van der Waals surface area contributed by atoms with Gasteiger partial charge in [0.2, 0.25) is 0 Å². The van der Waals surface area contributed by atoms with E-state index in [1.807, 2.05) is 18.3 Å². The number of hydrogen-bond donors (Lipinski definition) is 0. The van der Waals surface area contributed by atoms with Crippen molar-refractivity contribution in [2.45, 2.75) is 32.0 Å². The molecule has 0 atom stereocenters. The average molecular weight is 311 g/mol. The van der Waals surface area contributed by atoms with Crippen LogP contribution in [0, 0.1) is 5.41 Å². The first-order chi connectivity index (χ1) is 8.85. The first-order valence-corrected chi connectivity index (χ1v) is 8.67. The zero-order valence-corrected chi connectivity index (χ0v) is 14.0. The Morgan fingerprint density at radius 3 is 2.58 bits per heavy atom. The second kappa shape index (κ2) is 5.77. The molecule has 19 heavy (non-hydrogen) atoms. The Balaban J connectivity index is 2.09. The van der Waals surface area contributed by atoms with Crippen LogP contribution in [-0.2, 0) is 0 Å². The maximum atomic E-state index is 11.3. The molecule has 0 saturated heterocycles. The van der Waals surface area contributed by atoms with Crippen LogP contribution in [0.1, 0.15) is 37.4 Å². The van der Waals surface area contributed by atoms with Crippen molar-refractivity contribution in [1.29, 1.82) is 0 Å². The normalized spacial score (nSPS) is 11.8. The van der Waals surface area contributed by atoms with Gasteiger partial charge in [-0.15, -0.1) is 22.7 Å². The minimum Gasteiger partial charge on any atom is -0.294 e. The van der Waals surface area contributed by atoms with Gasteiger partial charge in [0.1, 0.15) is 4.34 Å². The minimum absolute atomic E-state index is 0.128. The van der Waals surface area contributed by atoms with Gasteiger partial charge in [-0.2, -0.15) is 0 Å². The Morgan fingerprint density at radius 2 is 2.00 bits per heavy atom. The van der Waals surface area contributed by atoms with Gasteiger partial charge >= 0.3 is 0 Å². The molecule has 2 aromatic heterocycles. The summed E-state index contributed by atoms with van der Waals surface area (Å²) in [6, 6.07) is 3.90. The van der Waals surface area contributed by atoms with Crippen molar-refractivity contribution in [3.63, 3.8) is 0 Å². The van der Waals surface area contributed by atoms with Crippen LogP contribution in [0.4, 0.5) is 0 Å². The fourth-order valence-electron chi connectivity index (χ4n) is 1.38. The molecule has 0 bridgehead atoms. The number of rotatable bonds is 4. The molecular weight excluding hydrogens is 294 g/mol. The highest BCUT2D eigenvalue weighted by molar-refractivity contribution is 8.01. The lowest BCUT2D eigenvalue weighted by Gasteiger charge is -2.15. The van der Waals surface area contributed by atoms with Crippen LogP contribution < -0.4 is 0 Å². The number of ketones is 1. The van der Waals surface area contributed by atoms with Gasteiger partial charge in [-0.1, -0.05) is 32.5 Å². The summed E-state index contributed by atoms with van der Waals surface area (Å²) in [5.41, 5.74) is 0.307. The van der Waals surface area contributed by atoms with Gasteiger partial charge in [-0.25, -0.2) is 4.98 Å². The zero-order valence-electron chi connectivity index (χ0n) is 11.5. The van der Waals surface area contributed by atoms with Crippen molar-refractivity contribution >= 4 is 40.2 Å². The predicted molar refractivity (Wildman–Crippen MR) is 85.6 cm³/mol. The van der Waals surface area contributed by atoms with E-state index in [9.17, 15) is 4.79 Å². The van der Waals surface area contributed by atoms with Crippen molar-refractivity contribution in [3.8, 4) is 9.75 Å². The van der Waals surface area contributed by atoms with Gasteiger partial charge in [0.15, 0.2) is 5.78 Å². The molecule has 0 fully saturated rings. The van der Waals surface area contributed by atoms with E-state index in [0.29, 0.717) is 5.41 Å². The molecule has 2 aromatic rings. The number of nitrogens with zero attached hydrogens (tertiary/aromatic N) is 1. The molecule has 0 saturated carbocycles. The van der Waals surface area contributed by atoms with Crippen LogP contribution in [0.5, 0.6) is 0 Å². The van der Waals surface area contributed by atoms with Crippen molar-refractivity contribution in [3.05, 3.63) is 23.2 Å². The molecule has 0 radical (unpaired) electrons. The molecule has 2 rings (SSSR count). The van der Waals surface area contributed by atoms with Gasteiger partial charge in [0.25, 0.3) is 0 Å². The second-order valence-corrected chi connectivity index (χ2v) is 8.90. The molecule has 0 aliphatic rings. The van der Waals surface area contributed by atoms with Crippen LogP contribution in [0.3, 0.4) is 0 Å². The molecule has 2 nitrogen and oxygen atoms in total. The highest BCUT2D eigenvalue weighted by Crippen LogP contribution is 2.37. The Kier molecular flexibility index (Phi) is 4.48. The lowest BCUT2D eigenvalue weighted by Crippen LogP contribution is -2.07. The lowest BCUT2D eigenvalue weighted by atomic mass is 10.0. The van der Waals surface area contributed by atoms with Gasteiger partial charge in [0.05, 0.1) is 9.75 Å². The fourth-order valence-corrected chi connectivity index (χ4v) is 4.37. The molecule has 102 valence electrons. The van der Waals surface area contributed by atoms with E-state index in [-0.39, 0.29) is 5.78 Å². The standard InChI is InChI=1S/C14H17NOS3/c1-9(16)10-5-6-11(18-10)12-7-15-13(19-12)17-8-14(2,3)4/h5-7H,8H2,1-4H3. The minimum atomic E-state index is 0.128. The molecule has 0 spiro atoms. The Morgan fingerprint density at radius 1 is 1.26 bits per heavy atom. The van der Waals surface area contributed by atoms with E-state index in [0.717, 1.165) is 24.7 Å². The largest absolute Gasteiger partial charge is 0.294 e. The fraction of sp³-hybridized carbons (Fsp3) is 0.429.